The van der Waals surface area contributed by atoms with E-state index in [9.17, 15) is 0 Å². The van der Waals surface area contributed by atoms with Crippen molar-refractivity contribution in [2.24, 2.45) is 0 Å². The third-order valence-electron chi connectivity index (χ3n) is 15.7. The molecule has 0 radical (unpaired) electrons. The Hall–Kier alpha value is -6.38. The van der Waals surface area contributed by atoms with E-state index in [2.05, 4.69) is 180 Å². The average Bonchev–Trinajstić information content (AvgIpc) is 3.80. The summed E-state index contributed by atoms with van der Waals surface area (Å²) < 4.78 is 2.55. The first kappa shape index (κ1) is 36.3. The van der Waals surface area contributed by atoms with Crippen LogP contribution in [0.1, 0.15) is 111 Å². The molecule has 0 amide bonds. The van der Waals surface area contributed by atoms with Crippen LogP contribution in [0.25, 0.3) is 60.5 Å². The maximum atomic E-state index is 2.60. The summed E-state index contributed by atoms with van der Waals surface area (Å²) in [5.74, 6) is 1.17. The molecule has 1 aromatic heterocycles. The molecule has 1 unspecified atom stereocenters. The number of para-hydroxylation sites is 1. The molecule has 7 aliphatic rings. The number of aromatic nitrogens is 1. The van der Waals surface area contributed by atoms with Crippen molar-refractivity contribution in [1.29, 1.82) is 0 Å². The highest BCUT2D eigenvalue weighted by Gasteiger charge is 2.43. The lowest BCUT2D eigenvalue weighted by atomic mass is 9.69. The summed E-state index contributed by atoms with van der Waals surface area (Å²) in [6, 6.07) is 64.1. The molecular formula is C60H52N2. The van der Waals surface area contributed by atoms with E-state index in [0.29, 0.717) is 11.8 Å². The van der Waals surface area contributed by atoms with Crippen LogP contribution in [0.5, 0.6) is 0 Å². The smallest absolute Gasteiger partial charge is 0.0546 e. The van der Waals surface area contributed by atoms with E-state index in [1.165, 1.54) is 170 Å². The van der Waals surface area contributed by atoms with Gasteiger partial charge in [0.2, 0.25) is 0 Å². The van der Waals surface area contributed by atoms with Gasteiger partial charge >= 0.3 is 0 Å². The standard InChI is InChI=1S/C60H52N2/c1-60-53-25-12-10-23-49(53)51-37-45(30-32-54(51)60)61(44-21-14-20-42(35-44)39-15-4-2-5-16-39)58-34-27-41-19-8-9-22-48(41)59(58)43-28-33-57-52(36-43)50-24-11-13-26-56(50)62(57)46-29-31-47(55(60)38-46)40-17-6-3-7-18-40/h8-14,19-40H,2-7,15-18H2,1H3. The quantitative estimate of drug-likeness (QED) is 0.173. The van der Waals surface area contributed by atoms with Gasteiger partial charge < -0.3 is 9.47 Å². The largest absolute Gasteiger partial charge is 0.310 e. The zero-order valence-corrected chi connectivity index (χ0v) is 35.7. The number of nitrogens with zero attached hydrogens (tertiary/aromatic N) is 2. The monoisotopic (exact) mass is 800 g/mol. The third-order valence-corrected chi connectivity index (χ3v) is 15.7. The first-order valence-corrected chi connectivity index (χ1v) is 23.5. The minimum atomic E-state index is -0.337. The fourth-order valence-corrected chi connectivity index (χ4v) is 12.7. The van der Waals surface area contributed by atoms with Gasteiger partial charge in [-0.1, -0.05) is 142 Å². The van der Waals surface area contributed by atoms with Crippen molar-refractivity contribution in [3.05, 3.63) is 192 Å². The molecule has 302 valence electrons. The highest BCUT2D eigenvalue weighted by molar-refractivity contribution is 6.13. The lowest BCUT2D eigenvalue weighted by Crippen LogP contribution is -2.26. The Kier molecular flexibility index (Phi) is 8.24. The second-order valence-corrected chi connectivity index (χ2v) is 19.0. The van der Waals surface area contributed by atoms with E-state index >= 15 is 0 Å². The lowest BCUT2D eigenvalue weighted by Gasteiger charge is -2.35. The van der Waals surface area contributed by atoms with Gasteiger partial charge in [0.05, 0.1) is 16.7 Å². The highest BCUT2D eigenvalue weighted by Crippen LogP contribution is 2.57. The number of anilines is 3. The predicted molar refractivity (Wildman–Crippen MR) is 261 cm³/mol. The van der Waals surface area contributed by atoms with Crippen LogP contribution in [0.15, 0.2) is 164 Å². The van der Waals surface area contributed by atoms with Crippen molar-refractivity contribution in [3.8, 4) is 27.9 Å². The van der Waals surface area contributed by atoms with Crippen LogP contribution in [-0.2, 0) is 5.41 Å². The van der Waals surface area contributed by atoms with Crippen LogP contribution in [0.4, 0.5) is 17.1 Å². The summed E-state index contributed by atoms with van der Waals surface area (Å²) in [6.45, 7) is 2.54. The Morgan fingerprint density at radius 3 is 2.03 bits per heavy atom. The summed E-state index contributed by atoms with van der Waals surface area (Å²) in [5, 5.41) is 5.10. The molecule has 0 spiro atoms. The van der Waals surface area contributed by atoms with Gasteiger partial charge in [-0.05, 0) is 160 Å². The minimum absolute atomic E-state index is 0.337. The molecule has 2 fully saturated rings. The molecule has 62 heavy (non-hydrogen) atoms. The Labute approximate surface area is 365 Å². The Bertz CT molecular complexity index is 3240. The average molecular weight is 801 g/mol. The van der Waals surface area contributed by atoms with E-state index < -0.39 is 0 Å². The van der Waals surface area contributed by atoms with Gasteiger partial charge in [-0.3, -0.25) is 0 Å². The summed E-state index contributed by atoms with van der Waals surface area (Å²) in [4.78, 5) is 2.60. The number of fused-ring (bicyclic) bond motifs is 3. The molecule has 10 bridgehead atoms. The van der Waals surface area contributed by atoms with E-state index in [4.69, 9.17) is 0 Å². The van der Waals surface area contributed by atoms with E-state index in [1.54, 1.807) is 0 Å². The molecular weight excluding hydrogens is 749 g/mol. The van der Waals surface area contributed by atoms with Gasteiger partial charge in [-0.25, -0.2) is 0 Å². The summed E-state index contributed by atoms with van der Waals surface area (Å²) in [5.41, 5.74) is 19.5. The van der Waals surface area contributed by atoms with E-state index in [-0.39, 0.29) is 5.41 Å². The van der Waals surface area contributed by atoms with Crippen molar-refractivity contribution in [2.45, 2.75) is 88.4 Å². The summed E-state index contributed by atoms with van der Waals surface area (Å²) in [6.07, 6.45) is 13.0. The molecule has 2 saturated carbocycles. The fourth-order valence-electron chi connectivity index (χ4n) is 12.7. The summed E-state index contributed by atoms with van der Waals surface area (Å²) in [7, 11) is 0. The Balaban J connectivity index is 1.18. The first-order valence-electron chi connectivity index (χ1n) is 23.5. The van der Waals surface area contributed by atoms with E-state index in [0.717, 1.165) is 0 Å². The SMILES string of the molecule is CC12c3ccccc3-c3cc(ccc31)N(c1cccc(C3CCCCC3)c1)c1ccc3ccccc3c1-c1ccc3c(c1)c1ccccc1n3-c1ccc(C3CCCCC3)c2c1. The second-order valence-electron chi connectivity index (χ2n) is 19.0. The number of rotatable bonds is 3. The van der Waals surface area contributed by atoms with Crippen LogP contribution in [0.3, 0.4) is 0 Å². The topological polar surface area (TPSA) is 8.17 Å². The number of benzene rings is 8. The zero-order valence-electron chi connectivity index (χ0n) is 35.7. The minimum Gasteiger partial charge on any atom is -0.310 e. The molecule has 1 atom stereocenters. The zero-order chi connectivity index (χ0) is 40.9. The van der Waals surface area contributed by atoms with E-state index in [1.807, 2.05) is 0 Å². The predicted octanol–water partition coefficient (Wildman–Crippen LogP) is 16.8. The normalized spacial score (nSPS) is 18.6. The van der Waals surface area contributed by atoms with Crippen molar-refractivity contribution in [1.82, 2.24) is 4.57 Å². The van der Waals surface area contributed by atoms with Crippen LogP contribution in [0, 0.1) is 0 Å². The van der Waals surface area contributed by atoms with Crippen molar-refractivity contribution in [2.75, 3.05) is 4.90 Å². The molecule has 2 heteroatoms. The van der Waals surface area contributed by atoms with Gasteiger partial charge in [-0.2, -0.15) is 0 Å². The number of hydrogen-bond acceptors (Lipinski definition) is 1. The van der Waals surface area contributed by atoms with Crippen molar-refractivity contribution in [3.63, 3.8) is 0 Å². The van der Waals surface area contributed by atoms with Crippen LogP contribution < -0.4 is 4.90 Å². The first-order chi connectivity index (χ1) is 30.6. The van der Waals surface area contributed by atoms with Crippen molar-refractivity contribution >= 4 is 49.6 Å². The molecule has 0 N–H and O–H groups in total. The maximum Gasteiger partial charge on any atom is 0.0546 e. The van der Waals surface area contributed by atoms with Crippen LogP contribution in [-0.4, -0.2) is 4.57 Å². The van der Waals surface area contributed by atoms with Gasteiger partial charge in [-0.15, -0.1) is 0 Å². The fraction of sp³-hybridized carbons (Fsp3) is 0.233. The maximum absolute atomic E-state index is 2.60. The number of hydrogen-bond donors (Lipinski definition) is 0. The summed E-state index contributed by atoms with van der Waals surface area (Å²) >= 11 is 0. The molecule has 9 aromatic rings. The van der Waals surface area contributed by atoms with Gasteiger partial charge in [0.15, 0.2) is 0 Å². The van der Waals surface area contributed by atoms with Crippen molar-refractivity contribution < 1.29 is 0 Å². The third kappa shape index (κ3) is 5.35. The molecule has 8 aromatic carbocycles. The molecule has 4 aliphatic heterocycles. The molecule has 16 rings (SSSR count). The second kappa shape index (κ2) is 14.1. The Morgan fingerprint density at radius 1 is 0.452 bits per heavy atom. The Morgan fingerprint density at radius 2 is 1.16 bits per heavy atom. The molecule has 5 heterocycles. The van der Waals surface area contributed by atoms with Gasteiger partial charge in [0.1, 0.15) is 0 Å². The van der Waals surface area contributed by atoms with Crippen LogP contribution in [0.2, 0.25) is 0 Å². The van der Waals surface area contributed by atoms with Gasteiger partial charge in [0.25, 0.3) is 0 Å². The highest BCUT2D eigenvalue weighted by atomic mass is 15.1. The molecule has 2 nitrogen and oxygen atoms in total. The lowest BCUT2D eigenvalue weighted by molar-refractivity contribution is 0.438. The molecule has 3 aliphatic carbocycles. The molecule has 0 saturated heterocycles. The van der Waals surface area contributed by atoms with Gasteiger partial charge in [0, 0.05) is 38.8 Å². The van der Waals surface area contributed by atoms with Crippen LogP contribution >= 0.6 is 0 Å².